The zero-order chi connectivity index (χ0) is 27.1. The number of carbonyl (C=O) groups is 2. The van der Waals surface area contributed by atoms with Crippen LogP contribution in [0, 0.1) is 5.92 Å². The second-order valence-electron chi connectivity index (χ2n) is 10.4. The number of fused-ring (bicyclic) bond motifs is 2. The molecule has 1 saturated carbocycles. The number of benzene rings is 3. The van der Waals surface area contributed by atoms with Crippen molar-refractivity contribution in [2.45, 2.75) is 30.8 Å². The van der Waals surface area contributed by atoms with Gasteiger partial charge in [-0.05, 0) is 60.2 Å². The van der Waals surface area contributed by atoms with E-state index in [2.05, 4.69) is 39.0 Å². The van der Waals surface area contributed by atoms with Gasteiger partial charge in [0.15, 0.2) is 0 Å². The molecule has 3 heterocycles. The Morgan fingerprint density at radius 3 is 2.75 bits per heavy atom. The Kier molecular flexibility index (Phi) is 6.28. The number of nitrogens with one attached hydrogen (secondary N) is 3. The van der Waals surface area contributed by atoms with Crippen molar-refractivity contribution >= 4 is 51.7 Å². The maximum absolute atomic E-state index is 13.1. The van der Waals surface area contributed by atoms with Crippen LogP contribution in [0.5, 0.6) is 0 Å². The molecule has 5 aromatic rings. The fraction of sp³-hybridized carbons (Fsp3) is 0.194. The number of hydrogen-bond donors (Lipinski definition) is 3. The molecule has 3 aromatic carbocycles. The first kappa shape index (κ1) is 24.5. The molecule has 200 valence electrons. The number of urea groups is 1. The maximum Gasteiger partial charge on any atom is 0.323 e. The summed E-state index contributed by atoms with van der Waals surface area (Å²) in [4.78, 5) is 31.9. The van der Waals surface area contributed by atoms with Crippen LogP contribution in [0.2, 0.25) is 0 Å². The van der Waals surface area contributed by atoms with Gasteiger partial charge in [0.2, 0.25) is 5.91 Å². The van der Waals surface area contributed by atoms with Gasteiger partial charge in [0, 0.05) is 46.0 Å². The van der Waals surface area contributed by atoms with Crippen molar-refractivity contribution in [2.24, 2.45) is 5.92 Å². The number of H-pyrrole nitrogens is 1. The number of thioether (sulfide) groups is 1. The molecular weight excluding hydrogens is 520 g/mol. The van der Waals surface area contributed by atoms with Crippen molar-refractivity contribution < 1.29 is 9.59 Å². The molecule has 0 unspecified atom stereocenters. The molecule has 1 fully saturated rings. The number of rotatable bonds is 7. The molecule has 7 rings (SSSR count). The zero-order valence-electron chi connectivity index (χ0n) is 21.8. The summed E-state index contributed by atoms with van der Waals surface area (Å²) in [5.74, 6) is 1.21. The Balaban J connectivity index is 1.08. The summed E-state index contributed by atoms with van der Waals surface area (Å²) < 4.78 is 2.02. The average molecular weight is 549 g/mol. The van der Waals surface area contributed by atoms with Crippen molar-refractivity contribution in [3.63, 3.8) is 0 Å². The molecule has 0 radical (unpaired) electrons. The summed E-state index contributed by atoms with van der Waals surface area (Å²) in [5, 5.41) is 11.4. The normalized spacial score (nSPS) is 14.8. The number of aromatic nitrogens is 3. The lowest BCUT2D eigenvalue weighted by Crippen LogP contribution is -2.34. The van der Waals surface area contributed by atoms with E-state index in [1.165, 1.54) is 24.6 Å². The van der Waals surface area contributed by atoms with E-state index < -0.39 is 0 Å². The number of anilines is 3. The quantitative estimate of drug-likeness (QED) is 0.210. The predicted molar refractivity (Wildman–Crippen MR) is 160 cm³/mol. The van der Waals surface area contributed by atoms with Crippen LogP contribution in [-0.4, -0.2) is 32.5 Å². The lowest BCUT2D eigenvalue weighted by Gasteiger charge is -2.29. The van der Waals surface area contributed by atoms with E-state index >= 15 is 0 Å². The molecule has 0 bridgehead atoms. The minimum Gasteiger partial charge on any atom is -0.359 e. The van der Waals surface area contributed by atoms with Crippen LogP contribution in [0.15, 0.2) is 90.2 Å². The van der Waals surface area contributed by atoms with Crippen molar-refractivity contribution in [3.05, 3.63) is 90.9 Å². The third-order valence-electron chi connectivity index (χ3n) is 7.38. The number of carbonyl (C=O) groups excluding carboxylic acids is 2. The van der Waals surface area contributed by atoms with Crippen molar-refractivity contribution in [1.29, 1.82) is 0 Å². The highest BCUT2D eigenvalue weighted by Gasteiger charge is 2.26. The van der Waals surface area contributed by atoms with E-state index in [1.54, 1.807) is 11.1 Å². The zero-order valence-corrected chi connectivity index (χ0v) is 22.6. The standard InChI is InChI=1S/C31H28N6O2S/c38-30-19-40-29-11-9-24(13-28(29)37(30)17-20-4-2-1-3-5-20)34-31(39)35-27-15-32-26-10-8-22(12-25(26)27)23-14-33-36(18-23)16-21-6-7-21/h1-5,8-15,18,21,32H,6-7,16-17,19H2,(H2,34,35,39). The van der Waals surface area contributed by atoms with Crippen LogP contribution in [0.4, 0.5) is 21.9 Å². The molecule has 3 amide bonds. The summed E-state index contributed by atoms with van der Waals surface area (Å²) in [5.41, 5.74) is 6.21. The Morgan fingerprint density at radius 2 is 1.90 bits per heavy atom. The van der Waals surface area contributed by atoms with Gasteiger partial charge >= 0.3 is 6.03 Å². The van der Waals surface area contributed by atoms with Gasteiger partial charge in [-0.25, -0.2) is 4.79 Å². The summed E-state index contributed by atoms with van der Waals surface area (Å²) in [7, 11) is 0. The fourth-order valence-electron chi connectivity index (χ4n) is 5.08. The van der Waals surface area contributed by atoms with Gasteiger partial charge in [-0.2, -0.15) is 5.10 Å². The molecule has 0 saturated heterocycles. The second kappa shape index (κ2) is 10.2. The Labute approximate surface area is 235 Å². The number of nitrogens with zero attached hydrogens (tertiary/aromatic N) is 3. The minimum absolute atomic E-state index is 0.0515. The summed E-state index contributed by atoms with van der Waals surface area (Å²) in [6, 6.07) is 21.4. The largest absolute Gasteiger partial charge is 0.359 e. The Hall–Kier alpha value is -4.50. The summed E-state index contributed by atoms with van der Waals surface area (Å²) >= 11 is 1.52. The number of amides is 3. The van der Waals surface area contributed by atoms with Gasteiger partial charge in [0.25, 0.3) is 0 Å². The van der Waals surface area contributed by atoms with Crippen molar-refractivity contribution in [2.75, 3.05) is 21.3 Å². The monoisotopic (exact) mass is 548 g/mol. The number of aromatic amines is 1. The van der Waals surface area contributed by atoms with Gasteiger partial charge in [-0.1, -0.05) is 36.4 Å². The van der Waals surface area contributed by atoms with Gasteiger partial charge in [0.1, 0.15) is 0 Å². The summed E-state index contributed by atoms with van der Waals surface area (Å²) in [6.45, 7) is 1.46. The first-order chi connectivity index (χ1) is 19.6. The van der Waals surface area contributed by atoms with E-state index in [-0.39, 0.29) is 11.9 Å². The lowest BCUT2D eigenvalue weighted by atomic mass is 10.1. The van der Waals surface area contributed by atoms with Crippen LogP contribution >= 0.6 is 11.8 Å². The van der Waals surface area contributed by atoms with E-state index in [0.29, 0.717) is 23.7 Å². The smallest absolute Gasteiger partial charge is 0.323 e. The van der Waals surface area contributed by atoms with Gasteiger partial charge in [-0.15, -0.1) is 11.8 Å². The molecule has 0 spiro atoms. The van der Waals surface area contributed by atoms with Crippen LogP contribution < -0.4 is 15.5 Å². The highest BCUT2D eigenvalue weighted by atomic mass is 32.2. The number of hydrogen-bond acceptors (Lipinski definition) is 4. The molecule has 0 atom stereocenters. The minimum atomic E-state index is -0.354. The second-order valence-corrected chi connectivity index (χ2v) is 11.4. The Bertz CT molecular complexity index is 1720. The van der Waals surface area contributed by atoms with E-state index in [9.17, 15) is 9.59 Å². The maximum atomic E-state index is 13.1. The SMILES string of the molecule is O=C(Nc1ccc2c(c1)N(Cc1ccccc1)C(=O)CS2)Nc1c[nH]c2ccc(-c3cnn(CC4CC4)c3)cc12. The molecule has 3 N–H and O–H groups in total. The molecule has 1 aliphatic heterocycles. The van der Waals surface area contributed by atoms with E-state index in [0.717, 1.165) is 50.6 Å². The van der Waals surface area contributed by atoms with Gasteiger partial charge in [-0.3, -0.25) is 9.48 Å². The van der Waals surface area contributed by atoms with Crippen LogP contribution in [0.25, 0.3) is 22.0 Å². The molecule has 1 aliphatic carbocycles. The van der Waals surface area contributed by atoms with Crippen LogP contribution in [-0.2, 0) is 17.9 Å². The first-order valence-corrected chi connectivity index (χ1v) is 14.4. The van der Waals surface area contributed by atoms with Gasteiger partial charge < -0.3 is 20.5 Å². The highest BCUT2D eigenvalue weighted by molar-refractivity contribution is 8.00. The third-order valence-corrected chi connectivity index (χ3v) is 8.43. The average Bonchev–Trinajstić information content (AvgIpc) is 3.51. The molecule has 2 aromatic heterocycles. The van der Waals surface area contributed by atoms with Crippen LogP contribution in [0.3, 0.4) is 0 Å². The topological polar surface area (TPSA) is 95.1 Å². The van der Waals surface area contributed by atoms with E-state index in [4.69, 9.17) is 0 Å². The van der Waals surface area contributed by atoms with Gasteiger partial charge in [0.05, 0.1) is 29.9 Å². The third kappa shape index (κ3) is 5.08. The van der Waals surface area contributed by atoms with E-state index in [1.807, 2.05) is 65.5 Å². The Morgan fingerprint density at radius 1 is 1.02 bits per heavy atom. The molecule has 40 heavy (non-hydrogen) atoms. The molecule has 8 nitrogen and oxygen atoms in total. The molecule has 9 heteroatoms. The molecule has 2 aliphatic rings. The fourth-order valence-corrected chi connectivity index (χ4v) is 6.00. The van der Waals surface area contributed by atoms with Crippen molar-refractivity contribution in [3.8, 4) is 11.1 Å². The lowest BCUT2D eigenvalue weighted by molar-refractivity contribution is -0.116. The predicted octanol–water partition coefficient (Wildman–Crippen LogP) is 6.72. The highest BCUT2D eigenvalue weighted by Crippen LogP contribution is 2.38. The van der Waals surface area contributed by atoms with Crippen molar-refractivity contribution in [1.82, 2.24) is 14.8 Å². The first-order valence-electron chi connectivity index (χ1n) is 13.4. The molecular formula is C31H28N6O2S. The van der Waals surface area contributed by atoms with Crippen LogP contribution in [0.1, 0.15) is 18.4 Å². The summed E-state index contributed by atoms with van der Waals surface area (Å²) in [6.07, 6.45) is 8.36.